The van der Waals surface area contributed by atoms with Crippen molar-refractivity contribution in [3.05, 3.63) is 59.1 Å². The van der Waals surface area contributed by atoms with E-state index in [1.165, 1.54) is 73.9 Å². The average molecular weight is 547 g/mol. The predicted octanol–water partition coefficient (Wildman–Crippen LogP) is 7.72. The van der Waals surface area contributed by atoms with Gasteiger partial charge in [-0.15, -0.1) is 0 Å². The van der Waals surface area contributed by atoms with Crippen LogP contribution in [0.25, 0.3) is 11.1 Å². The van der Waals surface area contributed by atoms with Crippen molar-refractivity contribution < 1.29 is 13.9 Å². The van der Waals surface area contributed by atoms with Crippen LogP contribution in [0, 0.1) is 11.8 Å². The second-order valence-electron chi connectivity index (χ2n) is 12.3. The molecule has 5 heteroatoms. The topological polar surface area (TPSA) is 46.9 Å². The molecule has 2 aliphatic heterocycles. The number of furan rings is 1. The van der Waals surface area contributed by atoms with E-state index in [-0.39, 0.29) is 0 Å². The molecule has 1 N–H and O–H groups in total. The molecule has 1 aromatic carbocycles. The van der Waals surface area contributed by atoms with Gasteiger partial charge in [0, 0.05) is 12.0 Å². The zero-order valence-electron chi connectivity index (χ0n) is 25.3. The van der Waals surface area contributed by atoms with Crippen molar-refractivity contribution in [3.8, 4) is 11.5 Å². The van der Waals surface area contributed by atoms with E-state index in [2.05, 4.69) is 67.5 Å². The fourth-order valence-corrected chi connectivity index (χ4v) is 6.58. The highest BCUT2D eigenvalue weighted by Crippen LogP contribution is 2.42. The Labute approximate surface area is 242 Å². The van der Waals surface area contributed by atoms with Gasteiger partial charge in [-0.3, -0.25) is 0 Å². The number of rotatable bonds is 10. The summed E-state index contributed by atoms with van der Waals surface area (Å²) >= 11 is 0. The number of hydrogen-bond acceptors (Lipinski definition) is 5. The van der Waals surface area contributed by atoms with E-state index >= 15 is 0 Å². The zero-order valence-corrected chi connectivity index (χ0v) is 25.3. The van der Waals surface area contributed by atoms with Gasteiger partial charge in [0.1, 0.15) is 11.5 Å². The number of aryl methyl sites for hydroxylation is 1. The SMILES string of the molecule is CCc1ccc(C2=C\CC(C)c3cc(OCC4CCNCC4)c(OC)cc3/C(CCCC3CCN(C)CC3)=C\2)o1. The highest BCUT2D eigenvalue weighted by Gasteiger charge is 2.23. The van der Waals surface area contributed by atoms with Gasteiger partial charge in [0.2, 0.25) is 0 Å². The molecule has 3 aliphatic rings. The first-order valence-corrected chi connectivity index (χ1v) is 15.8. The van der Waals surface area contributed by atoms with Crippen molar-refractivity contribution in [2.24, 2.45) is 11.8 Å². The summed E-state index contributed by atoms with van der Waals surface area (Å²) in [4.78, 5) is 2.47. The third kappa shape index (κ3) is 7.22. The molecular formula is C35H50N2O3. The summed E-state index contributed by atoms with van der Waals surface area (Å²) in [6, 6.07) is 8.80. The van der Waals surface area contributed by atoms with Crippen molar-refractivity contribution in [2.45, 2.75) is 77.6 Å². The normalized spacial score (nSPS) is 23.9. The molecule has 2 aromatic rings. The zero-order chi connectivity index (χ0) is 27.9. The number of hydrogen-bond donors (Lipinski definition) is 1. The summed E-state index contributed by atoms with van der Waals surface area (Å²) in [7, 11) is 4.02. The first-order valence-electron chi connectivity index (χ1n) is 15.8. The van der Waals surface area contributed by atoms with Gasteiger partial charge in [-0.2, -0.15) is 0 Å². The number of nitrogens with one attached hydrogen (secondary N) is 1. The summed E-state index contributed by atoms with van der Waals surface area (Å²) in [6.45, 7) is 9.88. The van der Waals surface area contributed by atoms with E-state index in [0.29, 0.717) is 11.8 Å². The lowest BCUT2D eigenvalue weighted by Gasteiger charge is -2.29. The van der Waals surface area contributed by atoms with Crippen LogP contribution in [0.2, 0.25) is 0 Å². The highest BCUT2D eigenvalue weighted by atomic mass is 16.5. The Bertz CT molecular complexity index is 1170. The lowest BCUT2D eigenvalue weighted by molar-refractivity contribution is 0.208. The van der Waals surface area contributed by atoms with Gasteiger partial charge >= 0.3 is 0 Å². The van der Waals surface area contributed by atoms with Crippen molar-refractivity contribution in [1.82, 2.24) is 10.2 Å². The van der Waals surface area contributed by atoms with Crippen LogP contribution in [-0.4, -0.2) is 51.8 Å². The second-order valence-corrected chi connectivity index (χ2v) is 12.3. The molecule has 218 valence electrons. The average Bonchev–Trinajstić information content (AvgIpc) is 3.47. The van der Waals surface area contributed by atoms with Crippen LogP contribution >= 0.6 is 0 Å². The van der Waals surface area contributed by atoms with Crippen LogP contribution < -0.4 is 14.8 Å². The lowest BCUT2D eigenvalue weighted by Crippen LogP contribution is -2.30. The minimum Gasteiger partial charge on any atom is -0.493 e. The van der Waals surface area contributed by atoms with Gasteiger partial charge in [-0.25, -0.2) is 0 Å². The standard InChI is InChI=1S/C35H50N2O3/c1-5-30-11-12-33(40-30)29-10-9-25(2)31-22-35(39-24-27-13-17-36-18-14-27)34(38-4)23-32(31)28(21-29)8-6-7-26-15-19-37(3)20-16-26/h10-12,21-23,25-27,36H,5-9,13-20,24H2,1-4H3/b28-21-,29-10-. The number of piperidine rings is 2. The summed E-state index contributed by atoms with van der Waals surface area (Å²) in [5, 5.41) is 3.46. The monoisotopic (exact) mass is 546 g/mol. The number of fused-ring (bicyclic) bond motifs is 1. The number of nitrogens with zero attached hydrogens (tertiary/aromatic N) is 1. The van der Waals surface area contributed by atoms with Gasteiger partial charge in [0.05, 0.1) is 13.7 Å². The molecule has 0 amide bonds. The van der Waals surface area contributed by atoms with E-state index < -0.39 is 0 Å². The van der Waals surface area contributed by atoms with Crippen LogP contribution in [0.3, 0.4) is 0 Å². The maximum absolute atomic E-state index is 6.46. The van der Waals surface area contributed by atoms with E-state index in [0.717, 1.165) is 67.9 Å². The molecule has 5 nitrogen and oxygen atoms in total. The Morgan fingerprint density at radius 1 is 1.02 bits per heavy atom. The van der Waals surface area contributed by atoms with Crippen LogP contribution in [0.1, 0.15) is 93.8 Å². The number of benzene rings is 1. The minimum atomic E-state index is 0.371. The van der Waals surface area contributed by atoms with Crippen LogP contribution in [0.4, 0.5) is 0 Å². The first kappa shape index (κ1) is 29.0. The smallest absolute Gasteiger partial charge is 0.161 e. The predicted molar refractivity (Wildman–Crippen MR) is 165 cm³/mol. The molecule has 2 fully saturated rings. The Hall–Kier alpha value is -2.50. The molecule has 0 spiro atoms. The Balaban J connectivity index is 1.43. The number of likely N-dealkylation sites (tertiary alicyclic amines) is 1. The quantitative estimate of drug-likeness (QED) is 0.331. The molecule has 1 unspecified atom stereocenters. The number of allylic oxidation sites excluding steroid dienone is 4. The van der Waals surface area contributed by atoms with E-state index in [9.17, 15) is 0 Å². The van der Waals surface area contributed by atoms with Crippen LogP contribution in [-0.2, 0) is 6.42 Å². The van der Waals surface area contributed by atoms with Gasteiger partial charge in [-0.1, -0.05) is 26.3 Å². The third-order valence-electron chi connectivity index (χ3n) is 9.36. The van der Waals surface area contributed by atoms with E-state index in [1.54, 1.807) is 7.11 Å². The van der Waals surface area contributed by atoms with Gasteiger partial charge in [-0.05, 0) is 143 Å². The largest absolute Gasteiger partial charge is 0.493 e. The molecule has 40 heavy (non-hydrogen) atoms. The minimum absolute atomic E-state index is 0.371. The van der Waals surface area contributed by atoms with E-state index in [4.69, 9.17) is 13.9 Å². The summed E-state index contributed by atoms with van der Waals surface area (Å²) in [5.74, 6) is 5.58. The first-order chi connectivity index (χ1) is 19.5. The molecular weight excluding hydrogens is 496 g/mol. The fourth-order valence-electron chi connectivity index (χ4n) is 6.58. The summed E-state index contributed by atoms with van der Waals surface area (Å²) in [5.41, 5.74) is 5.28. The molecule has 2 saturated heterocycles. The molecule has 0 radical (unpaired) electrons. The van der Waals surface area contributed by atoms with Crippen molar-refractivity contribution >= 4 is 11.1 Å². The molecule has 5 rings (SSSR count). The van der Waals surface area contributed by atoms with Crippen molar-refractivity contribution in [2.75, 3.05) is 46.9 Å². The van der Waals surface area contributed by atoms with Gasteiger partial charge in [0.15, 0.2) is 11.5 Å². The number of ether oxygens (including phenoxy) is 2. The van der Waals surface area contributed by atoms with Crippen molar-refractivity contribution in [3.63, 3.8) is 0 Å². The molecule has 3 heterocycles. The van der Waals surface area contributed by atoms with Crippen LogP contribution in [0.15, 0.2) is 40.8 Å². The molecule has 1 atom stereocenters. The van der Waals surface area contributed by atoms with Crippen molar-refractivity contribution in [1.29, 1.82) is 0 Å². The summed E-state index contributed by atoms with van der Waals surface area (Å²) in [6.07, 6.45) is 15.2. The van der Waals surface area contributed by atoms with Crippen LogP contribution in [0.5, 0.6) is 11.5 Å². The Morgan fingerprint density at radius 3 is 2.55 bits per heavy atom. The Morgan fingerprint density at radius 2 is 1.82 bits per heavy atom. The summed E-state index contributed by atoms with van der Waals surface area (Å²) < 4.78 is 18.6. The van der Waals surface area contributed by atoms with Gasteiger partial charge in [0.25, 0.3) is 0 Å². The van der Waals surface area contributed by atoms with Gasteiger partial charge < -0.3 is 24.1 Å². The highest BCUT2D eigenvalue weighted by molar-refractivity contribution is 5.85. The molecule has 0 bridgehead atoms. The van der Waals surface area contributed by atoms with E-state index in [1.807, 2.05) is 0 Å². The third-order valence-corrected chi connectivity index (χ3v) is 9.36. The molecule has 1 aromatic heterocycles. The molecule has 0 saturated carbocycles. The second kappa shape index (κ2) is 13.9. The lowest BCUT2D eigenvalue weighted by atomic mass is 9.83. The maximum atomic E-state index is 6.46. The maximum Gasteiger partial charge on any atom is 0.161 e. The number of methoxy groups -OCH3 is 1. The fraction of sp³-hybridized carbons (Fsp3) is 0.600. The Kier molecular flexibility index (Phi) is 10.1. The molecule has 1 aliphatic carbocycles.